The molecule has 2 aromatic heterocycles. The lowest BCUT2D eigenvalue weighted by Gasteiger charge is -2.21. The fraction of sp³-hybridized carbons (Fsp3) is 0.250. The first-order valence-electron chi connectivity index (χ1n) is 5.43. The maximum absolute atomic E-state index is 12.6. The van der Waals surface area contributed by atoms with E-state index >= 15 is 0 Å². The minimum atomic E-state index is -4.49. The van der Waals surface area contributed by atoms with E-state index in [0.717, 1.165) is 17.8 Å². The van der Waals surface area contributed by atoms with Gasteiger partial charge in [0.15, 0.2) is 0 Å². The van der Waals surface area contributed by atoms with Gasteiger partial charge in [-0.1, -0.05) is 0 Å². The predicted octanol–water partition coefficient (Wildman–Crippen LogP) is 2.91. The highest BCUT2D eigenvalue weighted by atomic mass is 19.4. The summed E-state index contributed by atoms with van der Waals surface area (Å²) in [6.07, 6.45) is -0.443. The molecule has 2 rings (SSSR count). The van der Waals surface area contributed by atoms with Gasteiger partial charge in [-0.3, -0.25) is 0 Å². The number of rotatable bonds is 3. The Kier molecular flexibility index (Phi) is 3.37. The maximum atomic E-state index is 12.6. The molecule has 0 aromatic carbocycles. The molecule has 0 radical (unpaired) electrons. The standard InChI is InChI=1S/C12H12F3N3O/c1-18(6-8-2-3-19-7-8)10-4-11(12(13,14)15)17-5-9(10)16/h2-5,7H,6,16H2,1H3. The summed E-state index contributed by atoms with van der Waals surface area (Å²) < 4.78 is 42.7. The number of hydrogen-bond donors (Lipinski definition) is 1. The number of nitrogens with two attached hydrogens (primary N) is 1. The van der Waals surface area contributed by atoms with E-state index in [1.807, 2.05) is 0 Å². The average molecular weight is 271 g/mol. The molecule has 0 spiro atoms. The van der Waals surface area contributed by atoms with Crippen molar-refractivity contribution in [3.8, 4) is 0 Å². The zero-order chi connectivity index (χ0) is 14.0. The van der Waals surface area contributed by atoms with Crippen LogP contribution in [0.25, 0.3) is 0 Å². The second kappa shape index (κ2) is 4.83. The number of anilines is 2. The van der Waals surface area contributed by atoms with Crippen LogP contribution in [0.5, 0.6) is 0 Å². The molecule has 0 unspecified atom stereocenters. The van der Waals surface area contributed by atoms with Gasteiger partial charge in [-0.15, -0.1) is 0 Å². The van der Waals surface area contributed by atoms with Gasteiger partial charge in [-0.25, -0.2) is 4.98 Å². The van der Waals surface area contributed by atoms with E-state index in [1.54, 1.807) is 18.0 Å². The number of nitrogen functional groups attached to an aromatic ring is 1. The van der Waals surface area contributed by atoms with Gasteiger partial charge in [0, 0.05) is 19.2 Å². The van der Waals surface area contributed by atoms with Gasteiger partial charge in [-0.2, -0.15) is 13.2 Å². The lowest BCUT2D eigenvalue weighted by molar-refractivity contribution is -0.141. The molecule has 2 aromatic rings. The monoisotopic (exact) mass is 271 g/mol. The first-order valence-corrected chi connectivity index (χ1v) is 5.43. The SMILES string of the molecule is CN(Cc1ccoc1)c1cc(C(F)(F)F)ncc1N. The van der Waals surface area contributed by atoms with E-state index in [4.69, 9.17) is 10.2 Å². The first kappa shape index (κ1) is 13.3. The first-order chi connectivity index (χ1) is 8.88. The third kappa shape index (κ3) is 2.98. The van der Waals surface area contributed by atoms with Crippen LogP contribution in [0.15, 0.2) is 35.3 Å². The van der Waals surface area contributed by atoms with Crippen LogP contribution in [0.4, 0.5) is 24.5 Å². The molecule has 0 aliphatic heterocycles. The predicted molar refractivity (Wildman–Crippen MR) is 64.5 cm³/mol. The van der Waals surface area contributed by atoms with E-state index in [-0.39, 0.29) is 11.4 Å². The van der Waals surface area contributed by atoms with Crippen LogP contribution in [0.2, 0.25) is 0 Å². The molecule has 0 atom stereocenters. The summed E-state index contributed by atoms with van der Waals surface area (Å²) in [5, 5.41) is 0. The highest BCUT2D eigenvalue weighted by Crippen LogP contribution is 2.32. The molecule has 4 nitrogen and oxygen atoms in total. The molecule has 0 aliphatic rings. The lowest BCUT2D eigenvalue weighted by atomic mass is 10.2. The summed E-state index contributed by atoms with van der Waals surface area (Å²) in [5.41, 5.74) is 6.02. The summed E-state index contributed by atoms with van der Waals surface area (Å²) in [5.74, 6) is 0. The number of hydrogen-bond acceptors (Lipinski definition) is 4. The normalized spacial score (nSPS) is 11.6. The molecule has 0 amide bonds. The van der Waals surface area contributed by atoms with Gasteiger partial charge in [0.25, 0.3) is 0 Å². The van der Waals surface area contributed by atoms with Gasteiger partial charge < -0.3 is 15.1 Å². The van der Waals surface area contributed by atoms with Crippen LogP contribution in [0, 0.1) is 0 Å². The fourth-order valence-corrected chi connectivity index (χ4v) is 1.68. The highest BCUT2D eigenvalue weighted by molar-refractivity contribution is 5.66. The Labute approximate surface area is 107 Å². The Balaban J connectivity index is 2.28. The summed E-state index contributed by atoms with van der Waals surface area (Å²) in [4.78, 5) is 4.90. The van der Waals surface area contributed by atoms with Crippen LogP contribution in [0.1, 0.15) is 11.3 Å². The molecule has 0 saturated carbocycles. The van der Waals surface area contributed by atoms with Crippen molar-refractivity contribution < 1.29 is 17.6 Å². The topological polar surface area (TPSA) is 55.3 Å². The third-order valence-corrected chi connectivity index (χ3v) is 2.61. The molecule has 7 heteroatoms. The van der Waals surface area contributed by atoms with Crippen molar-refractivity contribution >= 4 is 11.4 Å². The molecule has 0 saturated heterocycles. The summed E-state index contributed by atoms with van der Waals surface area (Å²) >= 11 is 0. The molecular formula is C12H12F3N3O. The summed E-state index contributed by atoms with van der Waals surface area (Å²) in [6, 6.07) is 2.67. The minimum Gasteiger partial charge on any atom is -0.472 e. The van der Waals surface area contributed by atoms with Crippen LogP contribution in [0.3, 0.4) is 0 Å². The van der Waals surface area contributed by atoms with Gasteiger partial charge in [0.05, 0.1) is 30.1 Å². The largest absolute Gasteiger partial charge is 0.472 e. The Hall–Kier alpha value is -2.18. The number of furan rings is 1. The van der Waals surface area contributed by atoms with E-state index in [9.17, 15) is 13.2 Å². The van der Waals surface area contributed by atoms with Gasteiger partial charge in [0.1, 0.15) is 5.69 Å². The average Bonchev–Trinajstić information content (AvgIpc) is 2.80. The molecule has 102 valence electrons. The quantitative estimate of drug-likeness (QED) is 0.932. The highest BCUT2D eigenvalue weighted by Gasteiger charge is 2.33. The van der Waals surface area contributed by atoms with E-state index in [0.29, 0.717) is 6.54 Å². The maximum Gasteiger partial charge on any atom is 0.433 e. The van der Waals surface area contributed by atoms with Crippen molar-refractivity contribution in [2.75, 3.05) is 17.7 Å². The minimum absolute atomic E-state index is 0.194. The van der Waals surface area contributed by atoms with Crippen molar-refractivity contribution in [3.05, 3.63) is 42.1 Å². The Morgan fingerprint density at radius 3 is 2.74 bits per heavy atom. The zero-order valence-corrected chi connectivity index (χ0v) is 10.1. The molecule has 19 heavy (non-hydrogen) atoms. The number of aromatic nitrogens is 1. The molecule has 0 aliphatic carbocycles. The van der Waals surface area contributed by atoms with Crippen LogP contribution in [-0.2, 0) is 12.7 Å². The smallest absolute Gasteiger partial charge is 0.433 e. The molecule has 2 N–H and O–H groups in total. The van der Waals surface area contributed by atoms with Crippen molar-refractivity contribution in [1.29, 1.82) is 0 Å². The number of halogens is 3. The summed E-state index contributed by atoms with van der Waals surface area (Å²) in [6.45, 7) is 0.391. The van der Waals surface area contributed by atoms with E-state index in [2.05, 4.69) is 4.98 Å². The third-order valence-electron chi connectivity index (χ3n) is 2.61. The molecular weight excluding hydrogens is 259 g/mol. The number of pyridine rings is 1. The van der Waals surface area contributed by atoms with Crippen molar-refractivity contribution in [2.45, 2.75) is 12.7 Å². The number of nitrogens with zero attached hydrogens (tertiary/aromatic N) is 2. The Morgan fingerprint density at radius 2 is 2.16 bits per heavy atom. The van der Waals surface area contributed by atoms with Crippen LogP contribution in [-0.4, -0.2) is 12.0 Å². The Morgan fingerprint density at radius 1 is 1.42 bits per heavy atom. The number of alkyl halides is 3. The zero-order valence-electron chi connectivity index (χ0n) is 10.1. The van der Waals surface area contributed by atoms with Crippen molar-refractivity contribution in [3.63, 3.8) is 0 Å². The van der Waals surface area contributed by atoms with Gasteiger partial charge in [-0.05, 0) is 12.1 Å². The molecule has 0 bridgehead atoms. The molecule has 2 heterocycles. The van der Waals surface area contributed by atoms with E-state index < -0.39 is 11.9 Å². The molecule has 0 fully saturated rings. The second-order valence-corrected chi connectivity index (χ2v) is 4.11. The van der Waals surface area contributed by atoms with Crippen LogP contribution >= 0.6 is 0 Å². The van der Waals surface area contributed by atoms with Gasteiger partial charge in [0.2, 0.25) is 0 Å². The summed E-state index contributed by atoms with van der Waals surface area (Å²) in [7, 11) is 1.65. The van der Waals surface area contributed by atoms with Crippen molar-refractivity contribution in [1.82, 2.24) is 4.98 Å². The van der Waals surface area contributed by atoms with Crippen molar-refractivity contribution in [2.24, 2.45) is 0 Å². The van der Waals surface area contributed by atoms with Gasteiger partial charge >= 0.3 is 6.18 Å². The lowest BCUT2D eigenvalue weighted by Crippen LogP contribution is -2.19. The Bertz CT molecular complexity index is 552. The van der Waals surface area contributed by atoms with Crippen LogP contribution < -0.4 is 10.6 Å². The van der Waals surface area contributed by atoms with E-state index in [1.165, 1.54) is 12.5 Å². The second-order valence-electron chi connectivity index (χ2n) is 4.11. The fourth-order valence-electron chi connectivity index (χ4n) is 1.68.